The van der Waals surface area contributed by atoms with Crippen LogP contribution in [0.1, 0.15) is 24.8 Å². The molecule has 0 N–H and O–H groups in total. The topological polar surface area (TPSA) is 35.3 Å². The van der Waals surface area contributed by atoms with E-state index in [-0.39, 0.29) is 13.0 Å². The fourth-order valence-corrected chi connectivity index (χ4v) is 0.768. The third-order valence-electron chi connectivity index (χ3n) is 1.52. The highest BCUT2D eigenvalue weighted by Crippen LogP contribution is 2.20. The summed E-state index contributed by atoms with van der Waals surface area (Å²) in [6.45, 7) is 2.82. The summed E-state index contributed by atoms with van der Waals surface area (Å²) in [4.78, 5) is 0. The van der Waals surface area contributed by atoms with E-state index in [1.807, 2.05) is 0 Å². The Morgan fingerprint density at radius 3 is 2.77 bits per heavy atom. The number of ether oxygens (including phenoxy) is 1. The number of alkyl halides is 2. The molecule has 0 saturated carbocycles. The van der Waals surface area contributed by atoms with Crippen LogP contribution < -0.4 is 0 Å². The first-order chi connectivity index (χ1) is 6.03. The minimum atomic E-state index is -3.08. The number of nitrogens with zero attached hydrogens (tertiary/aromatic N) is 1. The second-order valence-corrected chi connectivity index (χ2v) is 2.71. The van der Waals surface area contributed by atoms with Gasteiger partial charge in [0.2, 0.25) is 0 Å². The van der Waals surface area contributed by atoms with Crippen LogP contribution >= 0.6 is 0 Å². The Labute approximate surface area is 74.7 Å². The highest BCUT2D eigenvalue weighted by atomic mass is 19.3. The smallest absolute Gasteiger partial charge is 0.355 e. The quantitative estimate of drug-likeness (QED) is 0.733. The molecule has 0 saturated heterocycles. The van der Waals surface area contributed by atoms with Crippen molar-refractivity contribution in [3.63, 3.8) is 0 Å². The molecule has 1 aromatic rings. The van der Waals surface area contributed by atoms with Crippen LogP contribution in [-0.4, -0.2) is 11.3 Å². The van der Waals surface area contributed by atoms with Gasteiger partial charge in [-0.2, -0.15) is 8.78 Å². The first-order valence-electron chi connectivity index (χ1n) is 3.97. The maximum atomic E-state index is 12.6. The summed E-state index contributed by atoms with van der Waals surface area (Å²) < 4.78 is 34.1. The lowest BCUT2D eigenvalue weighted by molar-refractivity contribution is -0.247. The summed E-state index contributed by atoms with van der Waals surface area (Å²) in [6.07, 6.45) is -3.42. The zero-order valence-corrected chi connectivity index (χ0v) is 7.51. The van der Waals surface area contributed by atoms with Crippen molar-refractivity contribution in [2.75, 3.05) is 0 Å². The molecule has 1 rings (SSSR count). The second-order valence-electron chi connectivity index (χ2n) is 2.71. The fraction of sp³-hybridized carbons (Fsp3) is 0.625. The monoisotopic (exact) mass is 191 g/mol. The maximum Gasteiger partial charge on any atom is 0.355 e. The van der Waals surface area contributed by atoms with Crippen molar-refractivity contribution >= 4 is 0 Å². The van der Waals surface area contributed by atoms with E-state index in [1.165, 1.54) is 6.92 Å². The van der Waals surface area contributed by atoms with E-state index in [1.54, 1.807) is 13.0 Å². The summed E-state index contributed by atoms with van der Waals surface area (Å²) >= 11 is 0. The van der Waals surface area contributed by atoms with Crippen LogP contribution in [0.3, 0.4) is 0 Å². The Hall–Kier alpha value is -0.970. The largest absolute Gasteiger partial charge is 0.361 e. The van der Waals surface area contributed by atoms with E-state index in [9.17, 15) is 8.78 Å². The molecule has 0 amide bonds. The lowest BCUT2D eigenvalue weighted by Gasteiger charge is -2.12. The second kappa shape index (κ2) is 3.83. The normalized spacial score (nSPS) is 12.0. The molecule has 0 spiro atoms. The number of rotatable bonds is 4. The highest BCUT2D eigenvalue weighted by Gasteiger charge is 2.27. The van der Waals surface area contributed by atoms with Gasteiger partial charge in [-0.3, -0.25) is 0 Å². The number of aryl methyl sites for hydroxylation is 1. The molecule has 0 bridgehead atoms. The molecule has 74 valence electrons. The number of aromatic nitrogens is 1. The van der Waals surface area contributed by atoms with Crippen molar-refractivity contribution in [3.8, 4) is 0 Å². The van der Waals surface area contributed by atoms with Gasteiger partial charge in [0.25, 0.3) is 0 Å². The van der Waals surface area contributed by atoms with Crippen molar-refractivity contribution in [2.45, 2.75) is 33.0 Å². The predicted octanol–water partition coefficient (Wildman–Crippen LogP) is 2.50. The molecule has 0 fully saturated rings. The van der Waals surface area contributed by atoms with Gasteiger partial charge in [-0.25, -0.2) is 0 Å². The van der Waals surface area contributed by atoms with Crippen molar-refractivity contribution in [1.82, 2.24) is 5.16 Å². The van der Waals surface area contributed by atoms with Crippen LogP contribution in [0.2, 0.25) is 0 Å². The molecule has 0 aliphatic rings. The van der Waals surface area contributed by atoms with Gasteiger partial charge in [0.05, 0.1) is 6.61 Å². The van der Waals surface area contributed by atoms with E-state index in [0.29, 0.717) is 11.5 Å². The van der Waals surface area contributed by atoms with Crippen molar-refractivity contribution in [1.29, 1.82) is 0 Å². The van der Waals surface area contributed by atoms with Gasteiger partial charge in [-0.1, -0.05) is 12.1 Å². The summed E-state index contributed by atoms with van der Waals surface area (Å²) in [6, 6.07) is 1.56. The van der Waals surface area contributed by atoms with Crippen LogP contribution in [0, 0.1) is 6.92 Å². The Balaban J connectivity index is 2.43. The van der Waals surface area contributed by atoms with Gasteiger partial charge in [-0.15, -0.1) is 0 Å². The van der Waals surface area contributed by atoms with Gasteiger partial charge in [-0.05, 0) is 6.92 Å². The first kappa shape index (κ1) is 10.1. The van der Waals surface area contributed by atoms with Crippen LogP contribution in [0.15, 0.2) is 10.6 Å². The van der Waals surface area contributed by atoms with Crippen molar-refractivity contribution in [2.24, 2.45) is 0 Å². The Kier molecular flexibility index (Phi) is 2.98. The van der Waals surface area contributed by atoms with Crippen LogP contribution in [0.5, 0.6) is 0 Å². The Morgan fingerprint density at radius 2 is 2.31 bits per heavy atom. The third-order valence-corrected chi connectivity index (χ3v) is 1.52. The van der Waals surface area contributed by atoms with E-state index < -0.39 is 6.11 Å². The molecule has 1 heterocycles. The van der Waals surface area contributed by atoms with E-state index in [4.69, 9.17) is 0 Å². The minimum absolute atomic E-state index is 0.224. The Bertz CT molecular complexity index is 273. The molecule has 0 atom stereocenters. The Morgan fingerprint density at radius 1 is 1.62 bits per heavy atom. The van der Waals surface area contributed by atoms with Crippen LogP contribution in [0.4, 0.5) is 8.78 Å². The van der Waals surface area contributed by atoms with E-state index >= 15 is 0 Å². The number of halogens is 2. The van der Waals surface area contributed by atoms with Gasteiger partial charge in [0, 0.05) is 12.5 Å². The lowest BCUT2D eigenvalue weighted by Crippen LogP contribution is -2.18. The zero-order valence-electron chi connectivity index (χ0n) is 7.51. The maximum absolute atomic E-state index is 12.6. The summed E-state index contributed by atoms with van der Waals surface area (Å²) in [5.74, 6) is 0.582. The van der Waals surface area contributed by atoms with E-state index in [0.717, 1.165) is 0 Å². The lowest BCUT2D eigenvalue weighted by atomic mass is 10.4. The summed E-state index contributed by atoms with van der Waals surface area (Å²) in [7, 11) is 0. The SMILES string of the molecule is CCC(F)(F)OCc1cc(C)on1. The molecule has 1 aromatic heterocycles. The van der Waals surface area contributed by atoms with E-state index in [2.05, 4.69) is 14.4 Å². The van der Waals surface area contributed by atoms with Crippen LogP contribution in [0.25, 0.3) is 0 Å². The van der Waals surface area contributed by atoms with Crippen molar-refractivity contribution < 1.29 is 18.0 Å². The molecule has 5 heteroatoms. The van der Waals surface area contributed by atoms with Gasteiger partial charge >= 0.3 is 6.11 Å². The molecular formula is C8H11F2NO2. The third kappa shape index (κ3) is 3.10. The fourth-order valence-electron chi connectivity index (χ4n) is 0.768. The molecular weight excluding hydrogens is 180 g/mol. The number of hydrogen-bond acceptors (Lipinski definition) is 3. The summed E-state index contributed by atoms with van der Waals surface area (Å²) in [5, 5.41) is 3.52. The van der Waals surface area contributed by atoms with Crippen LogP contribution in [-0.2, 0) is 11.3 Å². The first-order valence-corrected chi connectivity index (χ1v) is 3.97. The predicted molar refractivity (Wildman–Crippen MR) is 41.3 cm³/mol. The van der Waals surface area contributed by atoms with Gasteiger partial charge in [0.1, 0.15) is 11.5 Å². The average molecular weight is 191 g/mol. The molecule has 13 heavy (non-hydrogen) atoms. The van der Waals surface area contributed by atoms with Gasteiger partial charge < -0.3 is 9.26 Å². The molecule has 0 unspecified atom stereocenters. The molecule has 0 radical (unpaired) electrons. The number of hydrogen-bond donors (Lipinski definition) is 0. The van der Waals surface area contributed by atoms with Crippen molar-refractivity contribution in [3.05, 3.63) is 17.5 Å². The molecule has 0 aromatic carbocycles. The molecule has 3 nitrogen and oxygen atoms in total. The molecule has 0 aliphatic heterocycles. The van der Waals surface area contributed by atoms with Gasteiger partial charge in [0.15, 0.2) is 0 Å². The molecule has 0 aliphatic carbocycles. The minimum Gasteiger partial charge on any atom is -0.361 e. The zero-order chi connectivity index (χ0) is 9.90. The average Bonchev–Trinajstić information content (AvgIpc) is 2.48. The summed E-state index contributed by atoms with van der Waals surface area (Å²) in [5.41, 5.74) is 0.380. The standard InChI is InChI=1S/C8H11F2NO2/c1-3-8(9,10)12-5-7-4-6(2)13-11-7/h4H,3,5H2,1-2H3. The highest BCUT2D eigenvalue weighted by molar-refractivity contribution is 5.01.